The zero-order chi connectivity index (χ0) is 13.8. The van der Waals surface area contributed by atoms with E-state index < -0.39 is 6.10 Å². The second-order valence-corrected chi connectivity index (χ2v) is 5.30. The van der Waals surface area contributed by atoms with Gasteiger partial charge in [0.1, 0.15) is 12.2 Å². The van der Waals surface area contributed by atoms with Crippen molar-refractivity contribution in [1.29, 1.82) is 0 Å². The van der Waals surface area contributed by atoms with Crippen LogP contribution in [0.3, 0.4) is 0 Å². The Hall–Kier alpha value is -1.73. The molecule has 1 amide bonds. The Morgan fingerprint density at radius 3 is 2.95 bits per heavy atom. The molecule has 2 rings (SSSR count). The van der Waals surface area contributed by atoms with Gasteiger partial charge in [-0.2, -0.15) is 0 Å². The first-order chi connectivity index (χ1) is 9.06. The van der Waals surface area contributed by atoms with E-state index in [9.17, 15) is 9.90 Å². The Balaban J connectivity index is 1.90. The van der Waals surface area contributed by atoms with E-state index in [2.05, 4.69) is 15.6 Å². The number of aliphatic hydroxyl groups excluding tert-OH is 1. The van der Waals surface area contributed by atoms with Crippen molar-refractivity contribution in [2.24, 2.45) is 0 Å². The van der Waals surface area contributed by atoms with Crippen LogP contribution >= 0.6 is 11.3 Å². The molecule has 0 bridgehead atoms. The van der Waals surface area contributed by atoms with Gasteiger partial charge in [-0.25, -0.2) is 4.68 Å². The Morgan fingerprint density at radius 2 is 2.37 bits per heavy atom. The minimum absolute atomic E-state index is 0.0211. The quantitative estimate of drug-likeness (QED) is 0.864. The van der Waals surface area contributed by atoms with E-state index in [0.717, 1.165) is 4.88 Å². The van der Waals surface area contributed by atoms with Gasteiger partial charge in [0.2, 0.25) is 5.91 Å². The first kappa shape index (κ1) is 13.7. The summed E-state index contributed by atoms with van der Waals surface area (Å²) < 4.78 is 1.42. The fourth-order valence-corrected chi connectivity index (χ4v) is 2.36. The van der Waals surface area contributed by atoms with Crippen LogP contribution in [0.2, 0.25) is 0 Å². The van der Waals surface area contributed by atoms with Crippen LogP contribution in [0.4, 0.5) is 0 Å². The molecule has 102 valence electrons. The van der Waals surface area contributed by atoms with Crippen molar-refractivity contribution >= 4 is 17.2 Å². The smallest absolute Gasteiger partial charge is 0.242 e. The molecule has 2 aromatic heterocycles. The Bertz CT molecular complexity index is 536. The number of aromatic nitrogens is 3. The zero-order valence-electron chi connectivity index (χ0n) is 10.8. The van der Waals surface area contributed by atoms with Crippen LogP contribution in [0.15, 0.2) is 23.7 Å². The number of aliphatic hydroxyl groups is 1. The molecule has 2 atom stereocenters. The molecule has 0 aromatic carbocycles. The molecule has 0 saturated heterocycles. The van der Waals surface area contributed by atoms with Gasteiger partial charge in [0, 0.05) is 4.88 Å². The van der Waals surface area contributed by atoms with Gasteiger partial charge in [0.15, 0.2) is 0 Å². The number of hydrogen-bond donors (Lipinski definition) is 2. The van der Waals surface area contributed by atoms with E-state index in [1.807, 2.05) is 24.4 Å². The highest BCUT2D eigenvalue weighted by molar-refractivity contribution is 7.10. The molecule has 2 N–H and O–H groups in total. The van der Waals surface area contributed by atoms with Gasteiger partial charge in [0.05, 0.1) is 18.3 Å². The van der Waals surface area contributed by atoms with E-state index in [4.69, 9.17) is 0 Å². The van der Waals surface area contributed by atoms with Crippen molar-refractivity contribution in [3.05, 3.63) is 34.3 Å². The topological polar surface area (TPSA) is 80.0 Å². The fourth-order valence-electron chi connectivity index (χ4n) is 1.63. The zero-order valence-corrected chi connectivity index (χ0v) is 11.6. The molecular weight excluding hydrogens is 264 g/mol. The van der Waals surface area contributed by atoms with E-state index >= 15 is 0 Å². The summed E-state index contributed by atoms with van der Waals surface area (Å²) in [4.78, 5) is 12.9. The first-order valence-electron chi connectivity index (χ1n) is 5.97. The van der Waals surface area contributed by atoms with E-state index in [1.54, 1.807) is 24.5 Å². The van der Waals surface area contributed by atoms with Crippen molar-refractivity contribution in [2.45, 2.75) is 32.5 Å². The van der Waals surface area contributed by atoms with Crippen molar-refractivity contribution < 1.29 is 9.90 Å². The van der Waals surface area contributed by atoms with Crippen LogP contribution in [0.5, 0.6) is 0 Å². The molecule has 0 spiro atoms. The van der Waals surface area contributed by atoms with Crippen molar-refractivity contribution in [2.75, 3.05) is 0 Å². The summed E-state index contributed by atoms with van der Waals surface area (Å²) in [6.45, 7) is 3.63. The molecule has 2 aromatic rings. The average Bonchev–Trinajstić information content (AvgIpc) is 2.98. The lowest BCUT2D eigenvalue weighted by atomic mass is 10.3. The van der Waals surface area contributed by atoms with Gasteiger partial charge < -0.3 is 10.4 Å². The van der Waals surface area contributed by atoms with Crippen LogP contribution in [0.1, 0.15) is 36.6 Å². The molecule has 0 fully saturated rings. The SMILES string of the molecule is CC(O)c1cn(CC(=O)NC(C)c2cccs2)nn1. The standard InChI is InChI=1S/C12H16N4O2S/c1-8(11-4-3-5-19-11)13-12(18)7-16-6-10(9(2)17)14-15-16/h3-6,8-9,17H,7H2,1-2H3,(H,13,18). The number of carbonyl (C=O) groups excluding carboxylic acids is 1. The third-order valence-electron chi connectivity index (χ3n) is 2.64. The minimum atomic E-state index is -0.679. The predicted octanol–water partition coefficient (Wildman–Crippen LogP) is 1.27. The summed E-state index contributed by atoms with van der Waals surface area (Å²) in [5, 5.41) is 21.8. The monoisotopic (exact) mass is 280 g/mol. The molecule has 0 aliphatic rings. The molecular formula is C12H16N4O2S. The number of carbonyl (C=O) groups is 1. The second kappa shape index (κ2) is 5.94. The highest BCUT2D eigenvalue weighted by Gasteiger charge is 2.12. The molecule has 0 aliphatic carbocycles. The minimum Gasteiger partial charge on any atom is -0.387 e. The van der Waals surface area contributed by atoms with Crippen LogP contribution < -0.4 is 5.32 Å². The van der Waals surface area contributed by atoms with E-state index in [-0.39, 0.29) is 18.5 Å². The molecule has 6 nitrogen and oxygen atoms in total. The van der Waals surface area contributed by atoms with Gasteiger partial charge in [-0.15, -0.1) is 16.4 Å². The Kier molecular flexibility index (Phi) is 4.28. The normalized spacial score (nSPS) is 14.1. The van der Waals surface area contributed by atoms with Crippen molar-refractivity contribution in [3.8, 4) is 0 Å². The molecule has 19 heavy (non-hydrogen) atoms. The summed E-state index contributed by atoms with van der Waals surface area (Å²) in [5.74, 6) is -0.136. The van der Waals surface area contributed by atoms with E-state index in [0.29, 0.717) is 5.69 Å². The average molecular weight is 280 g/mol. The maximum atomic E-state index is 11.8. The van der Waals surface area contributed by atoms with Crippen molar-refractivity contribution in [3.63, 3.8) is 0 Å². The summed E-state index contributed by atoms with van der Waals surface area (Å²) in [6, 6.07) is 3.92. The fraction of sp³-hybridized carbons (Fsp3) is 0.417. The van der Waals surface area contributed by atoms with Gasteiger partial charge in [-0.1, -0.05) is 11.3 Å². The number of amides is 1. The van der Waals surface area contributed by atoms with Gasteiger partial charge in [-0.05, 0) is 25.3 Å². The summed E-state index contributed by atoms with van der Waals surface area (Å²) >= 11 is 1.60. The lowest BCUT2D eigenvalue weighted by molar-refractivity contribution is -0.122. The lowest BCUT2D eigenvalue weighted by Crippen LogP contribution is -2.29. The molecule has 2 unspecified atom stereocenters. The third-order valence-corrected chi connectivity index (χ3v) is 3.69. The predicted molar refractivity (Wildman–Crippen MR) is 71.5 cm³/mol. The first-order valence-corrected chi connectivity index (χ1v) is 6.85. The second-order valence-electron chi connectivity index (χ2n) is 4.32. The number of rotatable bonds is 5. The largest absolute Gasteiger partial charge is 0.387 e. The Morgan fingerprint density at radius 1 is 1.58 bits per heavy atom. The third kappa shape index (κ3) is 3.62. The number of nitrogens with one attached hydrogen (secondary N) is 1. The van der Waals surface area contributed by atoms with Gasteiger partial charge in [0.25, 0.3) is 0 Å². The van der Waals surface area contributed by atoms with Crippen molar-refractivity contribution in [1.82, 2.24) is 20.3 Å². The number of thiophene rings is 1. The van der Waals surface area contributed by atoms with Crippen LogP contribution in [-0.4, -0.2) is 26.0 Å². The molecule has 2 heterocycles. The highest BCUT2D eigenvalue weighted by Crippen LogP contribution is 2.17. The number of hydrogen-bond acceptors (Lipinski definition) is 5. The Labute approximate surface area is 115 Å². The summed E-state index contributed by atoms with van der Waals surface area (Å²) in [7, 11) is 0. The van der Waals surface area contributed by atoms with Crippen LogP contribution in [0, 0.1) is 0 Å². The molecule has 7 heteroatoms. The maximum absolute atomic E-state index is 11.8. The maximum Gasteiger partial charge on any atom is 0.242 e. The molecule has 0 aliphatic heterocycles. The van der Waals surface area contributed by atoms with E-state index in [1.165, 1.54) is 4.68 Å². The molecule has 0 saturated carbocycles. The van der Waals surface area contributed by atoms with Gasteiger partial charge >= 0.3 is 0 Å². The molecule has 0 radical (unpaired) electrons. The summed E-state index contributed by atoms with van der Waals surface area (Å²) in [5.41, 5.74) is 0.458. The summed E-state index contributed by atoms with van der Waals surface area (Å²) in [6.07, 6.45) is 0.891. The highest BCUT2D eigenvalue weighted by atomic mass is 32.1. The van der Waals surface area contributed by atoms with Crippen LogP contribution in [-0.2, 0) is 11.3 Å². The lowest BCUT2D eigenvalue weighted by Gasteiger charge is -2.11. The van der Waals surface area contributed by atoms with Gasteiger partial charge in [-0.3, -0.25) is 4.79 Å². The number of nitrogens with zero attached hydrogens (tertiary/aromatic N) is 3. The van der Waals surface area contributed by atoms with Crippen LogP contribution in [0.25, 0.3) is 0 Å².